The van der Waals surface area contributed by atoms with Gasteiger partial charge >= 0.3 is 0 Å². The normalized spacial score (nSPS) is 24.4. The fourth-order valence-electron chi connectivity index (χ4n) is 2.98. The van der Waals surface area contributed by atoms with E-state index >= 15 is 0 Å². The molecule has 0 bridgehead atoms. The lowest BCUT2D eigenvalue weighted by Gasteiger charge is -2.12. The topological polar surface area (TPSA) is 17.0 Å². The molecule has 96 valence electrons. The van der Waals surface area contributed by atoms with Crippen LogP contribution in [0.15, 0.2) is 18.3 Å². The molecule has 1 saturated carbocycles. The summed E-state index contributed by atoms with van der Waals surface area (Å²) in [5, 5.41) is 3.63. The molecular formula is C15H26N2. The molecule has 0 amide bonds. The van der Waals surface area contributed by atoms with E-state index in [4.69, 9.17) is 0 Å². The second kappa shape index (κ2) is 6.25. The zero-order chi connectivity index (χ0) is 12.1. The van der Waals surface area contributed by atoms with Crippen molar-refractivity contribution in [2.45, 2.75) is 52.6 Å². The van der Waals surface area contributed by atoms with Crippen LogP contribution in [0.1, 0.15) is 45.2 Å². The second-order valence-electron chi connectivity index (χ2n) is 5.61. The molecule has 1 aromatic rings. The third-order valence-electron chi connectivity index (χ3n) is 3.93. The Bertz CT molecular complexity index is 329. The summed E-state index contributed by atoms with van der Waals surface area (Å²) in [5.41, 5.74) is 1.43. The predicted octanol–water partition coefficient (Wildman–Crippen LogP) is 3.42. The maximum atomic E-state index is 3.63. The first-order valence-corrected chi connectivity index (χ1v) is 7.14. The number of rotatable bonds is 6. The molecule has 1 heterocycles. The Morgan fingerprint density at radius 2 is 2.29 bits per heavy atom. The molecule has 1 fully saturated rings. The minimum atomic E-state index is 0.916. The summed E-state index contributed by atoms with van der Waals surface area (Å²) in [6, 6.07) is 4.39. The quantitative estimate of drug-likeness (QED) is 0.798. The van der Waals surface area contributed by atoms with Gasteiger partial charge in [-0.3, -0.25) is 0 Å². The van der Waals surface area contributed by atoms with E-state index in [0.29, 0.717) is 0 Å². The van der Waals surface area contributed by atoms with Crippen molar-refractivity contribution in [3.05, 3.63) is 24.0 Å². The molecule has 2 unspecified atom stereocenters. The summed E-state index contributed by atoms with van der Waals surface area (Å²) in [6.07, 6.45) is 7.67. The van der Waals surface area contributed by atoms with Gasteiger partial charge in [0.1, 0.15) is 0 Å². The van der Waals surface area contributed by atoms with Crippen molar-refractivity contribution >= 4 is 0 Å². The van der Waals surface area contributed by atoms with Gasteiger partial charge in [0, 0.05) is 25.0 Å². The van der Waals surface area contributed by atoms with Gasteiger partial charge in [-0.25, -0.2) is 0 Å². The number of nitrogens with one attached hydrogen (secondary N) is 1. The van der Waals surface area contributed by atoms with E-state index in [2.05, 4.69) is 42.1 Å². The van der Waals surface area contributed by atoms with Crippen LogP contribution < -0.4 is 5.32 Å². The molecule has 0 aromatic carbocycles. The monoisotopic (exact) mass is 234 g/mol. The molecule has 2 heteroatoms. The Balaban J connectivity index is 1.72. The molecule has 17 heavy (non-hydrogen) atoms. The molecule has 2 atom stereocenters. The maximum absolute atomic E-state index is 3.63. The van der Waals surface area contributed by atoms with Gasteiger partial charge in [0.15, 0.2) is 0 Å². The third kappa shape index (κ3) is 3.60. The van der Waals surface area contributed by atoms with Gasteiger partial charge in [-0.2, -0.15) is 0 Å². The summed E-state index contributed by atoms with van der Waals surface area (Å²) in [6.45, 7) is 7.98. The predicted molar refractivity (Wildman–Crippen MR) is 72.9 cm³/mol. The smallest absolute Gasteiger partial charge is 0.0359 e. The molecule has 2 rings (SSSR count). The van der Waals surface area contributed by atoms with E-state index in [-0.39, 0.29) is 0 Å². The van der Waals surface area contributed by atoms with Crippen LogP contribution >= 0.6 is 0 Å². The Morgan fingerprint density at radius 1 is 1.41 bits per heavy atom. The average Bonchev–Trinajstić information content (AvgIpc) is 2.90. The number of hydrogen-bond donors (Lipinski definition) is 1. The molecule has 2 nitrogen and oxygen atoms in total. The van der Waals surface area contributed by atoms with E-state index in [9.17, 15) is 0 Å². The van der Waals surface area contributed by atoms with Gasteiger partial charge in [-0.15, -0.1) is 0 Å². The first-order valence-electron chi connectivity index (χ1n) is 7.14. The van der Waals surface area contributed by atoms with E-state index in [1.807, 2.05) is 0 Å². The average molecular weight is 234 g/mol. The summed E-state index contributed by atoms with van der Waals surface area (Å²) >= 11 is 0. The first kappa shape index (κ1) is 12.7. The molecule has 0 radical (unpaired) electrons. The largest absolute Gasteiger partial charge is 0.350 e. The Hall–Kier alpha value is -0.760. The minimum Gasteiger partial charge on any atom is -0.350 e. The van der Waals surface area contributed by atoms with Crippen LogP contribution in [0.25, 0.3) is 0 Å². The highest BCUT2D eigenvalue weighted by molar-refractivity contribution is 5.06. The van der Waals surface area contributed by atoms with Crippen molar-refractivity contribution in [2.24, 2.45) is 11.8 Å². The van der Waals surface area contributed by atoms with Crippen LogP contribution in [0.2, 0.25) is 0 Å². The lowest BCUT2D eigenvalue weighted by Crippen LogP contribution is -2.22. The van der Waals surface area contributed by atoms with Crippen LogP contribution in [-0.4, -0.2) is 11.1 Å². The van der Waals surface area contributed by atoms with Crippen molar-refractivity contribution in [1.82, 2.24) is 9.88 Å². The lowest BCUT2D eigenvalue weighted by molar-refractivity contribution is 0.464. The number of hydrogen-bond acceptors (Lipinski definition) is 1. The standard InChI is InChI=1S/C15H26N2/c1-3-8-17-9-4-5-15(17)12-16-11-14-7-6-13(2)10-14/h4-5,9,13-14,16H,3,6-8,10-12H2,1-2H3. The van der Waals surface area contributed by atoms with Crippen molar-refractivity contribution in [3.8, 4) is 0 Å². The zero-order valence-corrected chi connectivity index (χ0v) is 11.3. The Labute approximate surface area is 105 Å². The van der Waals surface area contributed by atoms with Crippen molar-refractivity contribution in [1.29, 1.82) is 0 Å². The molecule has 0 saturated heterocycles. The fourth-order valence-corrected chi connectivity index (χ4v) is 2.98. The van der Waals surface area contributed by atoms with Crippen LogP contribution in [0, 0.1) is 11.8 Å². The molecular weight excluding hydrogens is 208 g/mol. The molecule has 1 N–H and O–H groups in total. The van der Waals surface area contributed by atoms with Crippen LogP contribution in [0.4, 0.5) is 0 Å². The van der Waals surface area contributed by atoms with E-state index < -0.39 is 0 Å². The van der Waals surface area contributed by atoms with Crippen molar-refractivity contribution < 1.29 is 0 Å². The molecule has 1 aromatic heterocycles. The zero-order valence-electron chi connectivity index (χ0n) is 11.3. The molecule has 0 spiro atoms. The van der Waals surface area contributed by atoms with Gasteiger partial charge in [0.05, 0.1) is 0 Å². The van der Waals surface area contributed by atoms with E-state index in [1.54, 1.807) is 0 Å². The highest BCUT2D eigenvalue weighted by Gasteiger charge is 2.20. The fraction of sp³-hybridized carbons (Fsp3) is 0.733. The van der Waals surface area contributed by atoms with E-state index in [1.165, 1.54) is 37.9 Å². The van der Waals surface area contributed by atoms with E-state index in [0.717, 1.165) is 24.9 Å². The number of nitrogens with zero attached hydrogens (tertiary/aromatic N) is 1. The highest BCUT2D eigenvalue weighted by atomic mass is 15.0. The Morgan fingerprint density at radius 3 is 3.00 bits per heavy atom. The van der Waals surface area contributed by atoms with Crippen LogP contribution in [0.5, 0.6) is 0 Å². The lowest BCUT2D eigenvalue weighted by atomic mass is 10.1. The Kier molecular flexibility index (Phi) is 4.66. The minimum absolute atomic E-state index is 0.916. The van der Waals surface area contributed by atoms with Gasteiger partial charge in [-0.05, 0) is 49.8 Å². The van der Waals surface area contributed by atoms with Gasteiger partial charge < -0.3 is 9.88 Å². The molecule has 1 aliphatic rings. The summed E-state index contributed by atoms with van der Waals surface area (Å²) in [7, 11) is 0. The summed E-state index contributed by atoms with van der Waals surface area (Å²) in [5.74, 6) is 1.87. The molecule has 0 aliphatic heterocycles. The van der Waals surface area contributed by atoms with Crippen LogP contribution in [-0.2, 0) is 13.1 Å². The van der Waals surface area contributed by atoms with Gasteiger partial charge in [-0.1, -0.05) is 20.3 Å². The van der Waals surface area contributed by atoms with Crippen molar-refractivity contribution in [3.63, 3.8) is 0 Å². The van der Waals surface area contributed by atoms with Crippen molar-refractivity contribution in [2.75, 3.05) is 6.54 Å². The maximum Gasteiger partial charge on any atom is 0.0359 e. The second-order valence-corrected chi connectivity index (χ2v) is 5.61. The number of aryl methyl sites for hydroxylation is 1. The van der Waals surface area contributed by atoms with Crippen LogP contribution in [0.3, 0.4) is 0 Å². The summed E-state index contributed by atoms with van der Waals surface area (Å²) < 4.78 is 2.37. The number of aromatic nitrogens is 1. The first-order chi connectivity index (χ1) is 8.29. The molecule has 1 aliphatic carbocycles. The highest BCUT2D eigenvalue weighted by Crippen LogP contribution is 2.29. The van der Waals surface area contributed by atoms with Gasteiger partial charge in [0.2, 0.25) is 0 Å². The SMILES string of the molecule is CCCn1cccc1CNCC1CCC(C)C1. The van der Waals surface area contributed by atoms with Gasteiger partial charge in [0.25, 0.3) is 0 Å². The third-order valence-corrected chi connectivity index (χ3v) is 3.93. The summed E-state index contributed by atoms with van der Waals surface area (Å²) in [4.78, 5) is 0.